The van der Waals surface area contributed by atoms with Crippen LogP contribution in [0.25, 0.3) is 10.8 Å². The molecule has 0 saturated heterocycles. The van der Waals surface area contributed by atoms with Crippen molar-refractivity contribution in [2.45, 2.75) is 22.5 Å². The monoisotopic (exact) mass is 663 g/mol. The van der Waals surface area contributed by atoms with Crippen LogP contribution in [0, 0.1) is 0 Å². The molecule has 5 aromatic rings. The highest BCUT2D eigenvalue weighted by molar-refractivity contribution is 7.93. The zero-order valence-electron chi connectivity index (χ0n) is 23.5. The molecule has 0 amide bonds. The standard InChI is InChI=1S/C27H24F3N7O6S2/c1-42-18-7-11-20(12-8-18)44(38,39)36(16-25-32-34-35-33-25)26-23-6-4-3-5-22(23)24(15-31-26)37(17-27(28,29)30)45(40,41)21-13-9-19(43-2)10-14-21/h3-15H,16-17H2,1-2H3,(H,32,33,34,35). The second kappa shape index (κ2) is 12.2. The highest BCUT2D eigenvalue weighted by Crippen LogP contribution is 2.38. The van der Waals surface area contributed by atoms with Crippen LogP contribution in [0.2, 0.25) is 0 Å². The summed E-state index contributed by atoms with van der Waals surface area (Å²) in [6.07, 6.45) is -4.07. The first-order valence-electron chi connectivity index (χ1n) is 12.9. The number of fused-ring (bicyclic) bond motifs is 1. The van der Waals surface area contributed by atoms with Crippen LogP contribution < -0.4 is 18.1 Å². The Hall–Kier alpha value is -4.97. The summed E-state index contributed by atoms with van der Waals surface area (Å²) in [6.45, 7) is -2.34. The number of aromatic amines is 1. The van der Waals surface area contributed by atoms with Crippen molar-refractivity contribution in [3.05, 3.63) is 84.8 Å². The number of methoxy groups -OCH3 is 2. The number of pyridine rings is 1. The van der Waals surface area contributed by atoms with Gasteiger partial charge in [-0.25, -0.2) is 31.2 Å². The molecular weight excluding hydrogens is 639 g/mol. The lowest BCUT2D eigenvalue weighted by atomic mass is 10.1. The molecule has 0 aliphatic carbocycles. The van der Waals surface area contributed by atoms with Crippen molar-refractivity contribution < 1.29 is 39.5 Å². The number of nitrogens with one attached hydrogen (secondary N) is 1. The number of sulfonamides is 2. The van der Waals surface area contributed by atoms with E-state index >= 15 is 0 Å². The van der Waals surface area contributed by atoms with Crippen LogP contribution in [0.1, 0.15) is 5.82 Å². The first-order valence-corrected chi connectivity index (χ1v) is 15.7. The van der Waals surface area contributed by atoms with E-state index in [-0.39, 0.29) is 31.6 Å². The van der Waals surface area contributed by atoms with Crippen LogP contribution >= 0.6 is 0 Å². The molecule has 0 atom stereocenters. The molecule has 1 N–H and O–H groups in total. The molecule has 0 saturated carbocycles. The Balaban J connectivity index is 1.70. The third-order valence-corrected chi connectivity index (χ3v) is 10.1. The summed E-state index contributed by atoms with van der Waals surface area (Å²) in [4.78, 5) is 3.66. The fraction of sp³-hybridized carbons (Fsp3) is 0.185. The predicted molar refractivity (Wildman–Crippen MR) is 156 cm³/mol. The molecule has 2 heterocycles. The van der Waals surface area contributed by atoms with Crippen molar-refractivity contribution in [1.29, 1.82) is 0 Å². The maximum atomic E-state index is 14.0. The molecule has 18 heteroatoms. The minimum absolute atomic E-state index is 0.0190. The molecule has 0 aliphatic heterocycles. The summed E-state index contributed by atoms with van der Waals surface area (Å²) in [5, 5.41) is 13.2. The van der Waals surface area contributed by atoms with E-state index in [4.69, 9.17) is 9.47 Å². The molecular formula is C27H24F3N7O6S2. The number of benzene rings is 3. The Bertz CT molecular complexity index is 2010. The van der Waals surface area contributed by atoms with Crippen LogP contribution in [0.15, 0.2) is 88.8 Å². The maximum Gasteiger partial charge on any atom is 0.407 e. The van der Waals surface area contributed by atoms with Crippen LogP contribution in [0.3, 0.4) is 0 Å². The second-order valence-corrected chi connectivity index (χ2v) is 13.1. The number of ether oxygens (including phenoxy) is 2. The molecule has 45 heavy (non-hydrogen) atoms. The quantitative estimate of drug-likeness (QED) is 0.219. The Morgan fingerprint density at radius 1 is 0.778 bits per heavy atom. The molecule has 0 aliphatic rings. The van der Waals surface area contributed by atoms with Gasteiger partial charge in [-0.3, -0.25) is 4.31 Å². The van der Waals surface area contributed by atoms with Gasteiger partial charge in [-0.15, -0.1) is 5.10 Å². The summed E-state index contributed by atoms with van der Waals surface area (Å²) in [5.41, 5.74) is -0.425. The first kappa shape index (κ1) is 31.5. The van der Waals surface area contributed by atoms with Crippen molar-refractivity contribution in [2.75, 3.05) is 29.4 Å². The topological polar surface area (TPSA) is 161 Å². The van der Waals surface area contributed by atoms with Crippen LogP contribution in [0.5, 0.6) is 11.5 Å². The van der Waals surface area contributed by atoms with E-state index in [2.05, 4.69) is 25.6 Å². The van der Waals surface area contributed by atoms with Crippen LogP contribution in [-0.2, 0) is 26.6 Å². The predicted octanol–water partition coefficient (Wildman–Crippen LogP) is 3.92. The van der Waals surface area contributed by atoms with Crippen molar-refractivity contribution in [3.63, 3.8) is 0 Å². The van der Waals surface area contributed by atoms with Crippen molar-refractivity contribution in [2.24, 2.45) is 0 Å². The van der Waals surface area contributed by atoms with Gasteiger partial charge in [0, 0.05) is 10.8 Å². The average Bonchev–Trinajstić information content (AvgIpc) is 3.55. The number of aromatic nitrogens is 5. The normalized spacial score (nSPS) is 12.2. The van der Waals surface area contributed by atoms with Gasteiger partial charge in [0.05, 0.1) is 42.4 Å². The number of rotatable bonds is 11. The van der Waals surface area contributed by atoms with Crippen LogP contribution in [-0.4, -0.2) is 69.4 Å². The molecule has 0 fully saturated rings. The molecule has 0 radical (unpaired) electrons. The van der Waals surface area contributed by atoms with Crippen molar-refractivity contribution >= 4 is 42.3 Å². The van der Waals surface area contributed by atoms with E-state index in [9.17, 15) is 30.0 Å². The number of H-pyrrole nitrogens is 1. The minimum atomic E-state index is -4.96. The molecule has 13 nitrogen and oxygen atoms in total. The molecule has 5 rings (SSSR count). The molecule has 0 unspecified atom stereocenters. The maximum absolute atomic E-state index is 14.0. The van der Waals surface area contributed by atoms with Gasteiger partial charge in [-0.2, -0.15) is 13.2 Å². The number of nitrogens with zero attached hydrogens (tertiary/aromatic N) is 6. The van der Waals surface area contributed by atoms with Gasteiger partial charge < -0.3 is 9.47 Å². The highest BCUT2D eigenvalue weighted by atomic mass is 32.2. The summed E-state index contributed by atoms with van der Waals surface area (Å²) in [6, 6.07) is 16.1. The van der Waals surface area contributed by atoms with E-state index < -0.39 is 49.9 Å². The number of anilines is 2. The van der Waals surface area contributed by atoms with Crippen molar-refractivity contribution in [3.8, 4) is 11.5 Å². The number of alkyl halides is 3. The van der Waals surface area contributed by atoms with Gasteiger partial charge in [0.1, 0.15) is 18.0 Å². The van der Waals surface area contributed by atoms with Crippen molar-refractivity contribution in [1.82, 2.24) is 25.6 Å². The molecule has 3 aromatic carbocycles. The van der Waals surface area contributed by atoms with Gasteiger partial charge in [-0.05, 0) is 59.0 Å². The number of tetrazole rings is 1. The van der Waals surface area contributed by atoms with Gasteiger partial charge in [-0.1, -0.05) is 24.3 Å². The average molecular weight is 664 g/mol. The fourth-order valence-electron chi connectivity index (χ4n) is 4.43. The Morgan fingerprint density at radius 3 is 1.80 bits per heavy atom. The summed E-state index contributed by atoms with van der Waals surface area (Å²) >= 11 is 0. The smallest absolute Gasteiger partial charge is 0.407 e. The number of hydrogen-bond donors (Lipinski definition) is 1. The summed E-state index contributed by atoms with van der Waals surface area (Å²) in [5.74, 6) is 0.516. The second-order valence-electron chi connectivity index (χ2n) is 9.35. The van der Waals surface area contributed by atoms with Gasteiger partial charge in [0.15, 0.2) is 11.6 Å². The number of hydrogen-bond acceptors (Lipinski definition) is 10. The van der Waals surface area contributed by atoms with Crippen LogP contribution in [0.4, 0.5) is 24.7 Å². The lowest BCUT2D eigenvalue weighted by Crippen LogP contribution is -2.39. The lowest BCUT2D eigenvalue weighted by Gasteiger charge is -2.28. The van der Waals surface area contributed by atoms with E-state index in [0.29, 0.717) is 11.5 Å². The molecule has 2 aromatic heterocycles. The lowest BCUT2D eigenvalue weighted by molar-refractivity contribution is -0.117. The van der Waals surface area contributed by atoms with Gasteiger partial charge in [0.25, 0.3) is 20.0 Å². The SMILES string of the molecule is COc1ccc(S(=O)(=O)N(CC(F)(F)F)c2cnc(N(Cc3nnn[nH]3)S(=O)(=O)c3ccc(OC)cc3)c3ccccc23)cc1. The summed E-state index contributed by atoms with van der Waals surface area (Å²) < 4.78 is 108. The summed E-state index contributed by atoms with van der Waals surface area (Å²) in [7, 11) is -6.45. The van der Waals surface area contributed by atoms with E-state index in [1.165, 1.54) is 74.9 Å². The largest absolute Gasteiger partial charge is 0.497 e. The first-order chi connectivity index (χ1) is 21.3. The fourth-order valence-corrected chi connectivity index (χ4v) is 7.28. The third kappa shape index (κ3) is 6.46. The third-order valence-electron chi connectivity index (χ3n) is 6.56. The Kier molecular flexibility index (Phi) is 8.53. The zero-order chi connectivity index (χ0) is 32.4. The Labute approximate surface area is 255 Å². The number of halogens is 3. The van der Waals surface area contributed by atoms with Gasteiger partial charge in [0.2, 0.25) is 0 Å². The highest BCUT2D eigenvalue weighted by Gasteiger charge is 2.39. The minimum Gasteiger partial charge on any atom is -0.497 e. The zero-order valence-corrected chi connectivity index (χ0v) is 25.1. The molecule has 0 spiro atoms. The van der Waals surface area contributed by atoms with E-state index in [1.54, 1.807) is 0 Å². The molecule has 236 valence electrons. The van der Waals surface area contributed by atoms with Gasteiger partial charge >= 0.3 is 6.18 Å². The Morgan fingerprint density at radius 2 is 1.31 bits per heavy atom. The molecule has 0 bridgehead atoms. The van der Waals surface area contributed by atoms with E-state index in [1.807, 2.05) is 0 Å². The van der Waals surface area contributed by atoms with E-state index in [0.717, 1.165) is 22.6 Å².